The van der Waals surface area contributed by atoms with E-state index in [4.69, 9.17) is 24.9 Å². The van der Waals surface area contributed by atoms with Crippen LogP contribution in [0.4, 0.5) is 0 Å². The molecule has 0 radical (unpaired) electrons. The van der Waals surface area contributed by atoms with E-state index in [0.29, 0.717) is 42.9 Å². The van der Waals surface area contributed by atoms with Crippen molar-refractivity contribution in [1.29, 1.82) is 0 Å². The number of rotatable bonds is 9. The Morgan fingerprint density at radius 2 is 1.90 bits per heavy atom. The van der Waals surface area contributed by atoms with Crippen LogP contribution in [0.1, 0.15) is 12.0 Å². The van der Waals surface area contributed by atoms with Gasteiger partial charge in [-0.2, -0.15) is 0 Å². The van der Waals surface area contributed by atoms with Crippen molar-refractivity contribution in [2.45, 2.75) is 18.2 Å². The molecule has 21 heavy (non-hydrogen) atoms. The van der Waals surface area contributed by atoms with Gasteiger partial charge in [-0.25, -0.2) is 8.42 Å². The number of hydrogen-bond donors (Lipinski definition) is 0. The minimum atomic E-state index is -3.86. The van der Waals surface area contributed by atoms with E-state index in [-0.39, 0.29) is 10.6 Å². The molecule has 0 atom stereocenters. The minimum absolute atomic E-state index is 0.0312. The van der Waals surface area contributed by atoms with Crippen molar-refractivity contribution in [1.82, 2.24) is 0 Å². The molecule has 0 fully saturated rings. The minimum Gasteiger partial charge on any atom is -0.492 e. The molecule has 1 aromatic carbocycles. The van der Waals surface area contributed by atoms with Gasteiger partial charge in [-0.15, -0.1) is 0 Å². The van der Waals surface area contributed by atoms with Gasteiger partial charge in [-0.1, -0.05) is 15.9 Å². The lowest BCUT2D eigenvalue weighted by molar-refractivity contribution is 0.0642. The summed E-state index contributed by atoms with van der Waals surface area (Å²) in [5, 5.41) is 0. The smallest absolute Gasteiger partial charge is 0.265 e. The van der Waals surface area contributed by atoms with Gasteiger partial charge in [-0.3, -0.25) is 0 Å². The lowest BCUT2D eigenvalue weighted by Gasteiger charge is -2.13. The normalized spacial score (nSPS) is 11.6. The summed E-state index contributed by atoms with van der Waals surface area (Å²) in [5.74, 6) is 0.282. The SMILES string of the molecule is COCCOCCCOc1c(C)cc(Br)cc1S(=O)(=O)Cl. The third-order valence-corrected chi connectivity index (χ3v) is 4.36. The third-order valence-electron chi connectivity index (χ3n) is 2.58. The lowest BCUT2D eigenvalue weighted by Crippen LogP contribution is -2.08. The van der Waals surface area contributed by atoms with E-state index in [1.54, 1.807) is 20.1 Å². The molecule has 1 aromatic rings. The van der Waals surface area contributed by atoms with Crippen LogP contribution in [0.15, 0.2) is 21.5 Å². The largest absolute Gasteiger partial charge is 0.492 e. The van der Waals surface area contributed by atoms with Crippen LogP contribution in [0, 0.1) is 6.92 Å². The van der Waals surface area contributed by atoms with Crippen molar-refractivity contribution >= 4 is 35.7 Å². The standard InChI is InChI=1S/C13H18BrClO5S/c1-10-8-11(14)9-12(21(15,16)17)13(10)20-5-3-4-19-7-6-18-2/h8-9H,3-7H2,1-2H3. The van der Waals surface area contributed by atoms with Crippen LogP contribution in [0.3, 0.4) is 0 Å². The molecule has 0 amide bonds. The Labute approximate surface area is 138 Å². The van der Waals surface area contributed by atoms with Crippen LogP contribution >= 0.6 is 26.6 Å². The molecule has 0 N–H and O–H groups in total. The van der Waals surface area contributed by atoms with E-state index < -0.39 is 9.05 Å². The average molecular weight is 402 g/mol. The molecule has 120 valence electrons. The molecule has 0 aliphatic rings. The maximum Gasteiger partial charge on any atom is 0.265 e. The first-order valence-electron chi connectivity index (χ1n) is 6.30. The van der Waals surface area contributed by atoms with E-state index in [1.807, 2.05) is 0 Å². The second-order valence-electron chi connectivity index (χ2n) is 4.29. The van der Waals surface area contributed by atoms with Crippen molar-refractivity contribution in [3.05, 3.63) is 22.2 Å². The molecule has 0 saturated heterocycles. The summed E-state index contributed by atoms with van der Waals surface area (Å²) in [6.45, 7) is 3.69. The molecule has 0 spiro atoms. The van der Waals surface area contributed by atoms with Gasteiger partial charge in [0.2, 0.25) is 0 Å². The van der Waals surface area contributed by atoms with E-state index in [1.165, 1.54) is 6.07 Å². The van der Waals surface area contributed by atoms with Gasteiger partial charge < -0.3 is 14.2 Å². The fourth-order valence-corrected chi connectivity index (χ4v) is 3.42. The van der Waals surface area contributed by atoms with Crippen molar-refractivity contribution < 1.29 is 22.6 Å². The first-order valence-corrected chi connectivity index (χ1v) is 9.40. The molecule has 5 nitrogen and oxygen atoms in total. The Bertz CT molecular complexity index is 562. The van der Waals surface area contributed by atoms with Crippen LogP contribution in [0.2, 0.25) is 0 Å². The maximum absolute atomic E-state index is 11.6. The van der Waals surface area contributed by atoms with Gasteiger partial charge in [0.15, 0.2) is 0 Å². The predicted molar refractivity (Wildman–Crippen MR) is 84.7 cm³/mol. The predicted octanol–water partition coefficient (Wildman–Crippen LogP) is 3.12. The molecule has 0 saturated carbocycles. The van der Waals surface area contributed by atoms with E-state index >= 15 is 0 Å². The zero-order valence-electron chi connectivity index (χ0n) is 11.9. The highest BCUT2D eigenvalue weighted by Gasteiger charge is 2.19. The van der Waals surface area contributed by atoms with Crippen LogP contribution in [-0.2, 0) is 18.5 Å². The molecule has 0 unspecified atom stereocenters. The number of aryl methyl sites for hydroxylation is 1. The highest BCUT2D eigenvalue weighted by molar-refractivity contribution is 9.10. The fourth-order valence-electron chi connectivity index (χ4n) is 1.64. The first kappa shape index (κ1) is 18.7. The first-order chi connectivity index (χ1) is 9.86. The molecule has 1 rings (SSSR count). The quantitative estimate of drug-likeness (QED) is 0.470. The van der Waals surface area contributed by atoms with Gasteiger partial charge in [0.05, 0.1) is 19.8 Å². The number of hydrogen-bond acceptors (Lipinski definition) is 5. The van der Waals surface area contributed by atoms with Crippen LogP contribution in [-0.4, -0.2) is 42.0 Å². The second kappa shape index (κ2) is 8.95. The number of methoxy groups -OCH3 is 1. The molecular formula is C13H18BrClO5S. The topological polar surface area (TPSA) is 61.8 Å². The lowest BCUT2D eigenvalue weighted by atomic mass is 10.2. The zero-order valence-corrected chi connectivity index (χ0v) is 15.1. The summed E-state index contributed by atoms with van der Waals surface area (Å²) in [6, 6.07) is 3.20. The summed E-state index contributed by atoms with van der Waals surface area (Å²) in [4.78, 5) is -0.0312. The number of benzene rings is 1. The Morgan fingerprint density at radius 1 is 1.19 bits per heavy atom. The van der Waals surface area contributed by atoms with Crippen molar-refractivity contribution in [2.75, 3.05) is 33.5 Å². The van der Waals surface area contributed by atoms with Gasteiger partial charge in [0.25, 0.3) is 9.05 Å². The summed E-state index contributed by atoms with van der Waals surface area (Å²) >= 11 is 3.25. The van der Waals surface area contributed by atoms with Crippen molar-refractivity contribution in [3.8, 4) is 5.75 Å². The van der Waals surface area contributed by atoms with Crippen molar-refractivity contribution in [3.63, 3.8) is 0 Å². The third kappa shape index (κ3) is 6.52. The molecule has 0 heterocycles. The number of halogens is 2. The average Bonchev–Trinajstić information content (AvgIpc) is 2.38. The highest BCUT2D eigenvalue weighted by atomic mass is 79.9. The van der Waals surface area contributed by atoms with Gasteiger partial charge in [0, 0.05) is 35.3 Å². The van der Waals surface area contributed by atoms with Crippen molar-refractivity contribution in [2.24, 2.45) is 0 Å². The summed E-state index contributed by atoms with van der Waals surface area (Å²) in [5.41, 5.74) is 0.698. The Kier molecular flexibility index (Phi) is 7.97. The molecule has 8 heteroatoms. The maximum atomic E-state index is 11.6. The molecule has 0 aromatic heterocycles. The van der Waals surface area contributed by atoms with Gasteiger partial charge in [-0.05, 0) is 24.6 Å². The summed E-state index contributed by atoms with van der Waals surface area (Å²) in [7, 11) is 3.18. The molecule has 0 aliphatic carbocycles. The van der Waals surface area contributed by atoms with Gasteiger partial charge >= 0.3 is 0 Å². The Morgan fingerprint density at radius 3 is 2.52 bits per heavy atom. The summed E-state index contributed by atoms with van der Waals surface area (Å²) in [6.07, 6.45) is 0.640. The Balaban J connectivity index is 2.63. The molecule has 0 aliphatic heterocycles. The van der Waals surface area contributed by atoms with E-state index in [0.717, 1.165) is 0 Å². The molecular weight excluding hydrogens is 384 g/mol. The fraction of sp³-hybridized carbons (Fsp3) is 0.538. The molecule has 0 bridgehead atoms. The highest BCUT2D eigenvalue weighted by Crippen LogP contribution is 2.33. The Hall–Kier alpha value is -0.340. The number of ether oxygens (including phenoxy) is 3. The zero-order chi connectivity index (χ0) is 15.9. The monoisotopic (exact) mass is 400 g/mol. The van der Waals surface area contributed by atoms with E-state index in [2.05, 4.69) is 15.9 Å². The summed E-state index contributed by atoms with van der Waals surface area (Å²) < 4.78 is 39.5. The van der Waals surface area contributed by atoms with Gasteiger partial charge in [0.1, 0.15) is 10.6 Å². The van der Waals surface area contributed by atoms with E-state index in [9.17, 15) is 8.42 Å². The second-order valence-corrected chi connectivity index (χ2v) is 7.75. The van der Waals surface area contributed by atoms with Crippen LogP contribution in [0.5, 0.6) is 5.75 Å². The van der Waals surface area contributed by atoms with Crippen LogP contribution in [0.25, 0.3) is 0 Å². The van der Waals surface area contributed by atoms with Crippen LogP contribution < -0.4 is 4.74 Å².